The highest BCUT2D eigenvalue weighted by Crippen LogP contribution is 2.32. The quantitative estimate of drug-likeness (QED) is 0.899. The van der Waals surface area contributed by atoms with E-state index in [0.29, 0.717) is 22.9 Å². The Morgan fingerprint density at radius 3 is 2.72 bits per heavy atom. The predicted octanol–water partition coefficient (Wildman–Crippen LogP) is 1.21. The van der Waals surface area contributed by atoms with Crippen molar-refractivity contribution in [2.24, 2.45) is 0 Å². The number of piperazine rings is 1. The van der Waals surface area contributed by atoms with Crippen LogP contribution in [0.2, 0.25) is 0 Å². The molecular weight excluding hydrogens is 322 g/mol. The zero-order valence-corrected chi connectivity index (χ0v) is 13.9. The van der Waals surface area contributed by atoms with Gasteiger partial charge >= 0.3 is 0 Å². The molecule has 2 aliphatic rings. The average Bonchev–Trinajstić information content (AvgIpc) is 3.10. The van der Waals surface area contributed by atoms with Crippen LogP contribution in [-0.2, 0) is 0 Å². The van der Waals surface area contributed by atoms with Gasteiger partial charge in [0.15, 0.2) is 11.5 Å². The fourth-order valence-electron chi connectivity index (χ4n) is 2.85. The molecule has 0 saturated carbocycles. The van der Waals surface area contributed by atoms with E-state index in [-0.39, 0.29) is 12.7 Å². The summed E-state index contributed by atoms with van der Waals surface area (Å²) in [7, 11) is 2.11. The first kappa shape index (κ1) is 15.6. The lowest BCUT2D eigenvalue weighted by Gasteiger charge is -2.33. The molecule has 130 valence electrons. The van der Waals surface area contributed by atoms with Crippen molar-refractivity contribution in [2.75, 3.05) is 50.2 Å². The Kier molecular flexibility index (Phi) is 4.10. The van der Waals surface area contributed by atoms with Crippen LogP contribution in [0, 0.1) is 0 Å². The molecule has 25 heavy (non-hydrogen) atoms. The molecule has 8 nitrogen and oxygen atoms in total. The van der Waals surface area contributed by atoms with Crippen molar-refractivity contribution >= 4 is 17.5 Å². The molecule has 1 saturated heterocycles. The predicted molar refractivity (Wildman–Crippen MR) is 92.3 cm³/mol. The molecule has 2 aromatic rings. The van der Waals surface area contributed by atoms with Crippen LogP contribution < -0.4 is 19.7 Å². The van der Waals surface area contributed by atoms with Gasteiger partial charge in [0.05, 0.1) is 0 Å². The fourth-order valence-corrected chi connectivity index (χ4v) is 2.85. The number of carbonyl (C=O) groups is 1. The van der Waals surface area contributed by atoms with E-state index in [1.165, 1.54) is 6.33 Å². The molecule has 2 aliphatic heterocycles. The van der Waals surface area contributed by atoms with Crippen molar-refractivity contribution in [1.29, 1.82) is 0 Å². The molecule has 0 atom stereocenters. The van der Waals surface area contributed by atoms with Gasteiger partial charge < -0.3 is 24.6 Å². The number of benzene rings is 1. The molecule has 1 N–H and O–H groups in total. The maximum atomic E-state index is 12.5. The number of fused-ring (bicyclic) bond motifs is 1. The SMILES string of the molecule is CN1CCN(c2cc(NC(=O)c3ccc4c(c3)OCO4)ncn2)CC1. The van der Waals surface area contributed by atoms with E-state index in [4.69, 9.17) is 9.47 Å². The summed E-state index contributed by atoms with van der Waals surface area (Å²) in [6.07, 6.45) is 1.48. The first-order chi connectivity index (χ1) is 12.2. The number of nitrogens with one attached hydrogen (secondary N) is 1. The molecule has 0 radical (unpaired) electrons. The third-order valence-corrected chi connectivity index (χ3v) is 4.36. The highest BCUT2D eigenvalue weighted by molar-refractivity contribution is 6.04. The molecular formula is C17H19N5O3. The number of amides is 1. The van der Waals surface area contributed by atoms with Crippen molar-refractivity contribution in [3.63, 3.8) is 0 Å². The summed E-state index contributed by atoms with van der Waals surface area (Å²) in [5.74, 6) is 2.28. The lowest BCUT2D eigenvalue weighted by molar-refractivity contribution is 0.102. The van der Waals surface area contributed by atoms with Gasteiger partial charge in [-0.05, 0) is 25.2 Å². The van der Waals surface area contributed by atoms with Crippen molar-refractivity contribution in [2.45, 2.75) is 0 Å². The Morgan fingerprint density at radius 1 is 1.08 bits per heavy atom. The Labute approximate surface area is 145 Å². The molecule has 1 amide bonds. The molecule has 8 heteroatoms. The van der Waals surface area contributed by atoms with Gasteiger partial charge in [0.1, 0.15) is 18.0 Å². The second-order valence-electron chi connectivity index (χ2n) is 6.07. The number of likely N-dealkylation sites (N-methyl/N-ethyl adjacent to an activating group) is 1. The third-order valence-electron chi connectivity index (χ3n) is 4.36. The van der Waals surface area contributed by atoms with Gasteiger partial charge in [-0.25, -0.2) is 9.97 Å². The van der Waals surface area contributed by atoms with Crippen molar-refractivity contribution in [3.05, 3.63) is 36.2 Å². The van der Waals surface area contributed by atoms with E-state index in [0.717, 1.165) is 32.0 Å². The number of rotatable bonds is 3. The second kappa shape index (κ2) is 6.56. The first-order valence-corrected chi connectivity index (χ1v) is 8.15. The van der Waals surface area contributed by atoms with Gasteiger partial charge in [-0.15, -0.1) is 0 Å². The van der Waals surface area contributed by atoms with E-state index in [9.17, 15) is 4.79 Å². The molecule has 3 heterocycles. The number of carbonyl (C=O) groups excluding carboxylic acids is 1. The number of nitrogens with zero attached hydrogens (tertiary/aromatic N) is 4. The number of ether oxygens (including phenoxy) is 2. The molecule has 1 aromatic carbocycles. The van der Waals surface area contributed by atoms with Crippen LogP contribution in [0.5, 0.6) is 11.5 Å². The number of hydrogen-bond acceptors (Lipinski definition) is 7. The van der Waals surface area contributed by atoms with Gasteiger partial charge in [-0.3, -0.25) is 4.79 Å². The van der Waals surface area contributed by atoms with Crippen LogP contribution in [0.3, 0.4) is 0 Å². The standard InChI is InChI=1S/C17H19N5O3/c1-21-4-6-22(7-5-21)16-9-15(18-10-19-16)20-17(23)12-2-3-13-14(8-12)25-11-24-13/h2-3,8-10H,4-7,11H2,1H3,(H,18,19,20,23). The van der Waals surface area contributed by atoms with Crippen molar-refractivity contribution < 1.29 is 14.3 Å². The lowest BCUT2D eigenvalue weighted by atomic mass is 10.2. The van der Waals surface area contributed by atoms with Crippen LogP contribution in [-0.4, -0.2) is 60.8 Å². The highest BCUT2D eigenvalue weighted by atomic mass is 16.7. The van der Waals surface area contributed by atoms with Gasteiger partial charge in [0.25, 0.3) is 5.91 Å². The summed E-state index contributed by atoms with van der Waals surface area (Å²) < 4.78 is 10.6. The van der Waals surface area contributed by atoms with Crippen LogP contribution in [0.4, 0.5) is 11.6 Å². The Morgan fingerprint density at radius 2 is 1.88 bits per heavy atom. The van der Waals surface area contributed by atoms with E-state index in [1.807, 2.05) is 0 Å². The van der Waals surface area contributed by atoms with Crippen molar-refractivity contribution in [1.82, 2.24) is 14.9 Å². The summed E-state index contributed by atoms with van der Waals surface area (Å²) in [5, 5.41) is 2.81. The van der Waals surface area contributed by atoms with Gasteiger partial charge in [-0.2, -0.15) is 0 Å². The molecule has 0 aliphatic carbocycles. The number of aromatic nitrogens is 2. The topological polar surface area (TPSA) is 79.8 Å². The summed E-state index contributed by atoms with van der Waals surface area (Å²) in [4.78, 5) is 25.4. The summed E-state index contributed by atoms with van der Waals surface area (Å²) in [5.41, 5.74) is 0.490. The highest BCUT2D eigenvalue weighted by Gasteiger charge is 2.18. The fraction of sp³-hybridized carbons (Fsp3) is 0.353. The van der Waals surface area contributed by atoms with Gasteiger partial charge in [-0.1, -0.05) is 0 Å². The molecule has 0 bridgehead atoms. The van der Waals surface area contributed by atoms with Crippen molar-refractivity contribution in [3.8, 4) is 11.5 Å². The van der Waals surface area contributed by atoms with Crippen LogP contribution >= 0.6 is 0 Å². The monoisotopic (exact) mass is 341 g/mol. The molecule has 0 unspecified atom stereocenters. The Bertz CT molecular complexity index is 790. The minimum atomic E-state index is -0.249. The Balaban J connectivity index is 1.47. The smallest absolute Gasteiger partial charge is 0.256 e. The lowest BCUT2D eigenvalue weighted by Crippen LogP contribution is -2.44. The molecule has 1 aromatic heterocycles. The number of hydrogen-bond donors (Lipinski definition) is 1. The van der Waals surface area contributed by atoms with Gasteiger partial charge in [0, 0.05) is 37.8 Å². The van der Waals surface area contributed by atoms with E-state index < -0.39 is 0 Å². The average molecular weight is 341 g/mol. The molecule has 1 fully saturated rings. The zero-order chi connectivity index (χ0) is 17.2. The first-order valence-electron chi connectivity index (χ1n) is 8.15. The van der Waals surface area contributed by atoms with Gasteiger partial charge in [0.2, 0.25) is 6.79 Å². The zero-order valence-electron chi connectivity index (χ0n) is 13.9. The summed E-state index contributed by atoms with van der Waals surface area (Å²) >= 11 is 0. The normalized spacial score (nSPS) is 16.8. The molecule has 0 spiro atoms. The maximum absolute atomic E-state index is 12.5. The van der Waals surface area contributed by atoms with Crippen LogP contribution in [0.1, 0.15) is 10.4 Å². The van der Waals surface area contributed by atoms with Crippen LogP contribution in [0.15, 0.2) is 30.6 Å². The van der Waals surface area contributed by atoms with E-state index in [1.54, 1.807) is 24.3 Å². The molecule has 4 rings (SSSR count). The summed E-state index contributed by atoms with van der Waals surface area (Å²) in [6.45, 7) is 3.97. The third kappa shape index (κ3) is 3.34. The largest absolute Gasteiger partial charge is 0.454 e. The minimum Gasteiger partial charge on any atom is -0.454 e. The number of anilines is 2. The van der Waals surface area contributed by atoms with Crippen LogP contribution in [0.25, 0.3) is 0 Å². The van der Waals surface area contributed by atoms with E-state index in [2.05, 4.69) is 32.1 Å². The maximum Gasteiger partial charge on any atom is 0.256 e. The van der Waals surface area contributed by atoms with E-state index >= 15 is 0 Å². The second-order valence-corrected chi connectivity index (χ2v) is 6.07. The summed E-state index contributed by atoms with van der Waals surface area (Å²) in [6, 6.07) is 6.90. The Hall–Kier alpha value is -2.87. The minimum absolute atomic E-state index is 0.181.